The van der Waals surface area contributed by atoms with Gasteiger partial charge in [-0.2, -0.15) is 0 Å². The third-order valence-corrected chi connectivity index (χ3v) is 7.51. The lowest BCUT2D eigenvalue weighted by molar-refractivity contribution is 0.0515. The van der Waals surface area contributed by atoms with Crippen LogP contribution in [0.4, 0.5) is 0 Å². The van der Waals surface area contributed by atoms with Crippen LogP contribution < -0.4 is 10.5 Å². The molecule has 3 heterocycles. The van der Waals surface area contributed by atoms with Gasteiger partial charge in [-0.05, 0) is 62.6 Å². The number of esters is 1. The van der Waals surface area contributed by atoms with Crippen molar-refractivity contribution in [1.82, 2.24) is 14.0 Å². The molecule has 0 radical (unpaired) electrons. The molecule has 0 bridgehead atoms. The van der Waals surface area contributed by atoms with Gasteiger partial charge in [0.1, 0.15) is 23.4 Å². The van der Waals surface area contributed by atoms with Crippen molar-refractivity contribution in [3.05, 3.63) is 65.5 Å². The molecular formula is C30H36N6O3. The minimum absolute atomic E-state index is 0.0386. The first kappa shape index (κ1) is 26.3. The van der Waals surface area contributed by atoms with Gasteiger partial charge in [0.15, 0.2) is 0 Å². The van der Waals surface area contributed by atoms with Crippen LogP contribution in [-0.4, -0.2) is 57.5 Å². The van der Waals surface area contributed by atoms with Crippen molar-refractivity contribution in [3.8, 4) is 5.75 Å². The number of nitrogens with zero attached hydrogens (tertiary/aromatic N) is 3. The Balaban J connectivity index is 1.49. The second-order valence-electron chi connectivity index (χ2n) is 10.0. The number of likely N-dealkylation sites (tertiary alicyclic amines) is 1. The van der Waals surface area contributed by atoms with Crippen LogP contribution in [0.3, 0.4) is 0 Å². The lowest BCUT2D eigenvalue weighted by Crippen LogP contribution is -2.40. The molecule has 0 amide bonds. The van der Waals surface area contributed by atoms with E-state index in [0.29, 0.717) is 30.2 Å². The number of aryl methyl sites for hydroxylation is 1. The van der Waals surface area contributed by atoms with Crippen LogP contribution in [0, 0.1) is 10.8 Å². The minimum Gasteiger partial charge on any atom is -0.490 e. The number of carbonyl (C=O) groups excluding carboxylic acids is 1. The second kappa shape index (κ2) is 10.8. The summed E-state index contributed by atoms with van der Waals surface area (Å²) in [6, 6.07) is 15.8. The molecule has 0 unspecified atom stereocenters. The van der Waals surface area contributed by atoms with Crippen LogP contribution in [0.2, 0.25) is 0 Å². The van der Waals surface area contributed by atoms with Gasteiger partial charge in [-0.1, -0.05) is 12.1 Å². The number of rotatable bonds is 8. The Morgan fingerprint density at radius 1 is 0.974 bits per heavy atom. The van der Waals surface area contributed by atoms with E-state index in [-0.39, 0.29) is 17.9 Å². The number of hydrogen-bond donors (Lipinski definition) is 3. The molecule has 2 aromatic carbocycles. The summed E-state index contributed by atoms with van der Waals surface area (Å²) in [7, 11) is 0. The van der Waals surface area contributed by atoms with Crippen molar-refractivity contribution in [2.45, 2.75) is 52.8 Å². The largest absolute Gasteiger partial charge is 0.490 e. The Labute approximate surface area is 228 Å². The average molecular weight is 529 g/mol. The summed E-state index contributed by atoms with van der Waals surface area (Å²) in [6.07, 6.45) is 1.84. The third-order valence-electron chi connectivity index (χ3n) is 7.51. The van der Waals surface area contributed by atoms with Gasteiger partial charge < -0.3 is 29.2 Å². The number of hydrogen-bond acceptors (Lipinski definition) is 5. The zero-order valence-electron chi connectivity index (χ0n) is 22.8. The Kier molecular flexibility index (Phi) is 7.32. The standard InChI is InChI=1S/C30H36N6O3/c1-4-35-23(14-20-6-7-21(29(32)33)16-27(20)35)18-36-26-9-8-25(15-22(26)17-28(36)30(37)38-5-2)39-24-10-12-34(13-11-24)19(3)31/h6-9,14-17,24,31H,4-5,10-13,18H2,1-3H3,(H3,32,33). The van der Waals surface area contributed by atoms with E-state index in [9.17, 15) is 4.79 Å². The molecule has 4 N–H and O–H groups in total. The van der Waals surface area contributed by atoms with Crippen molar-refractivity contribution in [1.29, 1.82) is 10.8 Å². The van der Waals surface area contributed by atoms with E-state index in [1.165, 1.54) is 0 Å². The number of ether oxygens (including phenoxy) is 2. The average Bonchev–Trinajstić information content (AvgIpc) is 3.46. The van der Waals surface area contributed by atoms with Gasteiger partial charge in [0.05, 0.1) is 19.0 Å². The highest BCUT2D eigenvalue weighted by molar-refractivity contribution is 5.99. The lowest BCUT2D eigenvalue weighted by Gasteiger charge is -2.32. The van der Waals surface area contributed by atoms with E-state index >= 15 is 0 Å². The van der Waals surface area contributed by atoms with Gasteiger partial charge in [-0.3, -0.25) is 10.8 Å². The molecule has 0 saturated carbocycles. The summed E-state index contributed by atoms with van der Waals surface area (Å²) in [5.74, 6) is 1.06. The molecule has 0 aliphatic carbocycles. The molecule has 1 aliphatic rings. The molecular weight excluding hydrogens is 492 g/mol. The molecule has 0 spiro atoms. The van der Waals surface area contributed by atoms with E-state index in [0.717, 1.165) is 65.7 Å². The number of piperidine rings is 1. The number of aromatic nitrogens is 2. The number of nitrogen functional groups attached to an aromatic ring is 1. The first-order valence-electron chi connectivity index (χ1n) is 13.5. The Morgan fingerprint density at radius 2 is 1.74 bits per heavy atom. The number of fused-ring (bicyclic) bond motifs is 2. The minimum atomic E-state index is -0.358. The molecule has 39 heavy (non-hydrogen) atoms. The van der Waals surface area contributed by atoms with Crippen LogP contribution in [0.1, 0.15) is 55.4 Å². The summed E-state index contributed by atoms with van der Waals surface area (Å²) >= 11 is 0. The quantitative estimate of drug-likeness (QED) is 0.169. The third kappa shape index (κ3) is 5.21. The van der Waals surface area contributed by atoms with E-state index in [1.807, 2.05) is 60.9 Å². The smallest absolute Gasteiger partial charge is 0.354 e. The van der Waals surface area contributed by atoms with Crippen LogP contribution in [0.5, 0.6) is 5.75 Å². The fourth-order valence-corrected chi connectivity index (χ4v) is 5.51. The van der Waals surface area contributed by atoms with E-state index < -0.39 is 0 Å². The van der Waals surface area contributed by atoms with E-state index in [4.69, 9.17) is 26.0 Å². The first-order chi connectivity index (χ1) is 18.8. The molecule has 204 valence electrons. The SMILES string of the molecule is CCOC(=O)c1cc2cc(OC3CCN(C(C)=N)CC3)ccc2n1Cc1cc2ccc(C(=N)N)cc2n1CC. The van der Waals surface area contributed by atoms with Gasteiger partial charge in [0.2, 0.25) is 0 Å². The zero-order valence-corrected chi connectivity index (χ0v) is 22.8. The Hall–Kier alpha value is -4.27. The lowest BCUT2D eigenvalue weighted by atomic mass is 10.1. The molecule has 0 atom stereocenters. The van der Waals surface area contributed by atoms with Crippen molar-refractivity contribution in [2.24, 2.45) is 5.73 Å². The maximum Gasteiger partial charge on any atom is 0.354 e. The van der Waals surface area contributed by atoms with Crippen molar-refractivity contribution in [3.63, 3.8) is 0 Å². The maximum absolute atomic E-state index is 13.0. The molecule has 1 aliphatic heterocycles. The van der Waals surface area contributed by atoms with Crippen molar-refractivity contribution < 1.29 is 14.3 Å². The molecule has 2 aromatic heterocycles. The molecule has 9 heteroatoms. The highest BCUT2D eigenvalue weighted by atomic mass is 16.5. The second-order valence-corrected chi connectivity index (χ2v) is 10.0. The fourth-order valence-electron chi connectivity index (χ4n) is 5.51. The fraction of sp³-hybridized carbons (Fsp3) is 0.367. The van der Waals surface area contributed by atoms with E-state index in [2.05, 4.69) is 22.5 Å². The summed E-state index contributed by atoms with van der Waals surface area (Å²) in [5, 5.41) is 17.7. The zero-order chi connectivity index (χ0) is 27.7. The number of carbonyl (C=O) groups is 1. The summed E-state index contributed by atoms with van der Waals surface area (Å²) in [5.41, 5.74) is 9.91. The van der Waals surface area contributed by atoms with Gasteiger partial charge in [0.25, 0.3) is 0 Å². The Morgan fingerprint density at radius 3 is 2.41 bits per heavy atom. The van der Waals surface area contributed by atoms with E-state index in [1.54, 1.807) is 0 Å². The normalized spacial score (nSPS) is 14.2. The van der Waals surface area contributed by atoms with Crippen molar-refractivity contribution in [2.75, 3.05) is 19.7 Å². The van der Waals surface area contributed by atoms with Gasteiger partial charge in [-0.25, -0.2) is 4.79 Å². The summed E-state index contributed by atoms with van der Waals surface area (Å²) in [4.78, 5) is 15.1. The topological polar surface area (TPSA) is 122 Å². The van der Waals surface area contributed by atoms with Gasteiger partial charge in [0, 0.05) is 60.2 Å². The van der Waals surface area contributed by atoms with Crippen LogP contribution in [0.25, 0.3) is 21.8 Å². The summed E-state index contributed by atoms with van der Waals surface area (Å²) < 4.78 is 15.9. The number of amidine groups is 2. The van der Waals surface area contributed by atoms with Crippen LogP contribution in [0.15, 0.2) is 48.5 Å². The van der Waals surface area contributed by atoms with Gasteiger partial charge in [-0.15, -0.1) is 0 Å². The first-order valence-corrected chi connectivity index (χ1v) is 13.5. The van der Waals surface area contributed by atoms with Crippen LogP contribution >= 0.6 is 0 Å². The summed E-state index contributed by atoms with van der Waals surface area (Å²) in [6.45, 7) is 8.89. The monoisotopic (exact) mass is 528 g/mol. The Bertz CT molecular complexity index is 1560. The molecule has 1 saturated heterocycles. The molecule has 4 aromatic rings. The van der Waals surface area contributed by atoms with Gasteiger partial charge >= 0.3 is 5.97 Å². The maximum atomic E-state index is 13.0. The van der Waals surface area contributed by atoms with Crippen molar-refractivity contribution >= 4 is 39.4 Å². The number of nitrogens with one attached hydrogen (secondary N) is 2. The molecule has 9 nitrogen and oxygen atoms in total. The highest BCUT2D eigenvalue weighted by Gasteiger charge is 2.23. The molecule has 1 fully saturated rings. The number of nitrogens with two attached hydrogens (primary N) is 1. The predicted octanol–water partition coefficient (Wildman–Crippen LogP) is 4.97. The molecule has 5 rings (SSSR count). The highest BCUT2D eigenvalue weighted by Crippen LogP contribution is 2.30. The number of benzene rings is 2. The van der Waals surface area contributed by atoms with Crippen LogP contribution in [-0.2, 0) is 17.8 Å². The predicted molar refractivity (Wildman–Crippen MR) is 154 cm³/mol.